The normalized spacial score (nSPS) is 16.5. The molecule has 1 atom stereocenters. The molecule has 0 saturated carbocycles. The highest BCUT2D eigenvalue weighted by Crippen LogP contribution is 2.08. The molecule has 1 aromatic carbocycles. The molecule has 0 aliphatic carbocycles. The third-order valence-corrected chi connectivity index (χ3v) is 3.57. The molecule has 1 saturated heterocycles. The minimum atomic E-state index is -0.459. The van der Waals surface area contributed by atoms with Crippen LogP contribution in [-0.4, -0.2) is 49.1 Å². The first-order valence-electron chi connectivity index (χ1n) is 7.07. The number of carbonyl (C=O) groups is 2. The molecular formula is C15H21N3O3. The van der Waals surface area contributed by atoms with Crippen LogP contribution >= 0.6 is 0 Å². The Morgan fingerprint density at radius 3 is 2.67 bits per heavy atom. The summed E-state index contributed by atoms with van der Waals surface area (Å²) in [4.78, 5) is 25.4. The van der Waals surface area contributed by atoms with Gasteiger partial charge in [-0.25, -0.2) is 0 Å². The second-order valence-electron chi connectivity index (χ2n) is 5.06. The highest BCUT2D eigenvalue weighted by molar-refractivity contribution is 5.94. The Labute approximate surface area is 124 Å². The smallest absolute Gasteiger partial charge is 0.249 e. The van der Waals surface area contributed by atoms with Crippen molar-refractivity contribution < 1.29 is 14.3 Å². The van der Waals surface area contributed by atoms with E-state index >= 15 is 0 Å². The van der Waals surface area contributed by atoms with Crippen molar-refractivity contribution in [2.75, 3.05) is 26.3 Å². The molecule has 114 valence electrons. The molecule has 1 aliphatic heterocycles. The van der Waals surface area contributed by atoms with E-state index in [9.17, 15) is 9.59 Å². The summed E-state index contributed by atoms with van der Waals surface area (Å²) in [5.74, 6) is -0.408. The van der Waals surface area contributed by atoms with Gasteiger partial charge in [0.25, 0.3) is 0 Å². The maximum atomic E-state index is 12.3. The molecule has 2 amide bonds. The largest absolute Gasteiger partial charge is 0.378 e. The van der Waals surface area contributed by atoms with Gasteiger partial charge in [0.1, 0.15) is 0 Å². The summed E-state index contributed by atoms with van der Waals surface area (Å²) in [5, 5.41) is 3.15. The molecule has 3 N–H and O–H groups in total. The number of morpholine rings is 1. The summed E-state index contributed by atoms with van der Waals surface area (Å²) in [6.07, 6.45) is 0. The lowest BCUT2D eigenvalue weighted by atomic mass is 10.1. The van der Waals surface area contributed by atoms with Crippen LogP contribution in [0.4, 0.5) is 0 Å². The van der Waals surface area contributed by atoms with Crippen LogP contribution in [0.15, 0.2) is 24.3 Å². The minimum Gasteiger partial charge on any atom is -0.378 e. The SMILES string of the molecule is CC(NCc1ccccc1C(N)=O)C(=O)N1CCOCC1. The molecule has 1 aromatic rings. The van der Waals surface area contributed by atoms with Gasteiger partial charge in [0, 0.05) is 25.2 Å². The first-order chi connectivity index (χ1) is 10.1. The van der Waals surface area contributed by atoms with E-state index in [1.54, 1.807) is 17.0 Å². The van der Waals surface area contributed by atoms with Gasteiger partial charge in [-0.15, -0.1) is 0 Å². The van der Waals surface area contributed by atoms with Crippen LogP contribution in [0.3, 0.4) is 0 Å². The Bertz CT molecular complexity index is 513. The van der Waals surface area contributed by atoms with Gasteiger partial charge in [0.05, 0.1) is 19.3 Å². The maximum Gasteiger partial charge on any atom is 0.249 e. The molecule has 1 fully saturated rings. The summed E-state index contributed by atoms with van der Waals surface area (Å²) in [6.45, 7) is 4.68. The number of hydrogen-bond donors (Lipinski definition) is 2. The van der Waals surface area contributed by atoms with Crippen molar-refractivity contribution in [1.29, 1.82) is 0 Å². The van der Waals surface area contributed by atoms with Crippen LogP contribution in [0.5, 0.6) is 0 Å². The standard InChI is InChI=1S/C15H21N3O3/c1-11(15(20)18-6-8-21-9-7-18)17-10-12-4-2-3-5-13(12)14(16)19/h2-5,11,17H,6-10H2,1H3,(H2,16,19). The van der Waals surface area contributed by atoms with E-state index in [2.05, 4.69) is 5.32 Å². The third kappa shape index (κ3) is 4.03. The maximum absolute atomic E-state index is 12.3. The Hall–Kier alpha value is -1.92. The number of nitrogens with one attached hydrogen (secondary N) is 1. The predicted molar refractivity (Wildman–Crippen MR) is 78.7 cm³/mol. The molecule has 0 spiro atoms. The van der Waals surface area contributed by atoms with E-state index in [4.69, 9.17) is 10.5 Å². The Balaban J connectivity index is 1.93. The zero-order valence-corrected chi connectivity index (χ0v) is 12.2. The quantitative estimate of drug-likeness (QED) is 0.807. The number of amides is 2. The fourth-order valence-corrected chi connectivity index (χ4v) is 2.32. The highest BCUT2D eigenvalue weighted by atomic mass is 16.5. The lowest BCUT2D eigenvalue weighted by Gasteiger charge is -2.29. The monoisotopic (exact) mass is 291 g/mol. The van der Waals surface area contributed by atoms with E-state index in [0.717, 1.165) is 5.56 Å². The van der Waals surface area contributed by atoms with Crippen LogP contribution < -0.4 is 11.1 Å². The van der Waals surface area contributed by atoms with Gasteiger partial charge in [-0.05, 0) is 18.6 Å². The van der Waals surface area contributed by atoms with Crippen LogP contribution in [0, 0.1) is 0 Å². The number of nitrogens with zero attached hydrogens (tertiary/aromatic N) is 1. The van der Waals surface area contributed by atoms with Crippen molar-refractivity contribution in [2.45, 2.75) is 19.5 Å². The first-order valence-corrected chi connectivity index (χ1v) is 7.07. The fraction of sp³-hybridized carbons (Fsp3) is 0.467. The van der Waals surface area contributed by atoms with E-state index in [-0.39, 0.29) is 11.9 Å². The lowest BCUT2D eigenvalue weighted by Crippen LogP contribution is -2.49. The zero-order chi connectivity index (χ0) is 15.2. The average Bonchev–Trinajstić information content (AvgIpc) is 2.52. The average molecular weight is 291 g/mol. The van der Waals surface area contributed by atoms with Crippen molar-refractivity contribution in [3.8, 4) is 0 Å². The van der Waals surface area contributed by atoms with Crippen molar-refractivity contribution in [2.24, 2.45) is 5.73 Å². The van der Waals surface area contributed by atoms with Gasteiger partial charge in [-0.2, -0.15) is 0 Å². The third-order valence-electron chi connectivity index (χ3n) is 3.57. The van der Waals surface area contributed by atoms with Crippen molar-refractivity contribution in [1.82, 2.24) is 10.2 Å². The van der Waals surface area contributed by atoms with Gasteiger partial charge < -0.3 is 20.7 Å². The van der Waals surface area contributed by atoms with E-state index in [1.807, 2.05) is 19.1 Å². The van der Waals surface area contributed by atoms with Gasteiger partial charge in [-0.1, -0.05) is 18.2 Å². The van der Waals surface area contributed by atoms with E-state index < -0.39 is 5.91 Å². The zero-order valence-electron chi connectivity index (χ0n) is 12.2. The van der Waals surface area contributed by atoms with Crippen LogP contribution in [0.2, 0.25) is 0 Å². The number of rotatable bonds is 5. The molecule has 1 heterocycles. The lowest BCUT2D eigenvalue weighted by molar-refractivity contribution is -0.137. The number of hydrogen-bond acceptors (Lipinski definition) is 4. The number of primary amides is 1. The summed E-state index contributed by atoms with van der Waals surface area (Å²) < 4.78 is 5.24. The first kappa shape index (κ1) is 15.5. The molecule has 21 heavy (non-hydrogen) atoms. The topological polar surface area (TPSA) is 84.7 Å². The molecule has 1 aliphatic rings. The predicted octanol–water partition coefficient (Wildman–Crippen LogP) is 0.122. The second-order valence-corrected chi connectivity index (χ2v) is 5.06. The number of nitrogens with two attached hydrogens (primary N) is 1. The number of ether oxygens (including phenoxy) is 1. The summed E-state index contributed by atoms with van der Waals surface area (Å²) in [7, 11) is 0. The van der Waals surface area contributed by atoms with Crippen LogP contribution in [-0.2, 0) is 16.1 Å². The fourth-order valence-electron chi connectivity index (χ4n) is 2.32. The summed E-state index contributed by atoms with van der Waals surface area (Å²) in [5.41, 5.74) is 6.62. The van der Waals surface area contributed by atoms with Crippen molar-refractivity contribution in [3.05, 3.63) is 35.4 Å². The molecular weight excluding hydrogens is 270 g/mol. The summed E-state index contributed by atoms with van der Waals surface area (Å²) in [6, 6.07) is 6.82. The molecule has 0 aromatic heterocycles. The van der Waals surface area contributed by atoms with Crippen LogP contribution in [0.25, 0.3) is 0 Å². The molecule has 1 unspecified atom stereocenters. The van der Waals surface area contributed by atoms with Crippen molar-refractivity contribution >= 4 is 11.8 Å². The van der Waals surface area contributed by atoms with E-state index in [0.29, 0.717) is 38.4 Å². The molecule has 0 radical (unpaired) electrons. The minimum absolute atomic E-state index is 0.0508. The van der Waals surface area contributed by atoms with Crippen LogP contribution in [0.1, 0.15) is 22.8 Å². The van der Waals surface area contributed by atoms with Crippen molar-refractivity contribution in [3.63, 3.8) is 0 Å². The highest BCUT2D eigenvalue weighted by Gasteiger charge is 2.22. The van der Waals surface area contributed by atoms with Gasteiger partial charge >= 0.3 is 0 Å². The molecule has 0 bridgehead atoms. The number of benzene rings is 1. The van der Waals surface area contributed by atoms with Gasteiger partial charge in [-0.3, -0.25) is 9.59 Å². The molecule has 6 heteroatoms. The number of carbonyl (C=O) groups excluding carboxylic acids is 2. The Morgan fingerprint density at radius 1 is 1.33 bits per heavy atom. The Morgan fingerprint density at radius 2 is 2.00 bits per heavy atom. The van der Waals surface area contributed by atoms with Gasteiger partial charge in [0.2, 0.25) is 11.8 Å². The molecule has 2 rings (SSSR count). The molecule has 6 nitrogen and oxygen atoms in total. The second kappa shape index (κ2) is 7.19. The van der Waals surface area contributed by atoms with E-state index in [1.165, 1.54) is 0 Å². The summed E-state index contributed by atoms with van der Waals surface area (Å²) >= 11 is 0. The Kier molecular flexibility index (Phi) is 5.30. The van der Waals surface area contributed by atoms with Gasteiger partial charge in [0.15, 0.2) is 0 Å².